The van der Waals surface area contributed by atoms with Crippen LogP contribution in [0.25, 0.3) is 0 Å². The van der Waals surface area contributed by atoms with Crippen LogP contribution in [0.15, 0.2) is 24.3 Å². The molecule has 0 saturated heterocycles. The summed E-state index contributed by atoms with van der Waals surface area (Å²) in [6.07, 6.45) is 6.76. The van der Waals surface area contributed by atoms with E-state index >= 15 is 0 Å². The van der Waals surface area contributed by atoms with Gasteiger partial charge in [-0.05, 0) is 50.3 Å². The van der Waals surface area contributed by atoms with Gasteiger partial charge in [-0.2, -0.15) is 5.26 Å². The molecular formula is C20H28N2O2. The van der Waals surface area contributed by atoms with Crippen LogP contribution >= 0.6 is 0 Å². The van der Waals surface area contributed by atoms with E-state index in [1.54, 1.807) is 7.11 Å². The highest BCUT2D eigenvalue weighted by Crippen LogP contribution is 2.57. The van der Waals surface area contributed by atoms with Gasteiger partial charge in [-0.15, -0.1) is 0 Å². The van der Waals surface area contributed by atoms with Crippen molar-refractivity contribution in [3.8, 4) is 11.8 Å². The molecule has 1 aromatic carbocycles. The minimum Gasteiger partial charge on any atom is -0.497 e. The second kappa shape index (κ2) is 7.55. The Labute approximate surface area is 145 Å². The molecule has 3 atom stereocenters. The second-order valence-corrected chi connectivity index (χ2v) is 7.01. The largest absolute Gasteiger partial charge is 0.497 e. The minimum atomic E-state index is 0.223. The van der Waals surface area contributed by atoms with E-state index in [4.69, 9.17) is 14.7 Å². The van der Waals surface area contributed by atoms with Gasteiger partial charge in [0.15, 0.2) is 0 Å². The third-order valence-corrected chi connectivity index (χ3v) is 5.90. The van der Waals surface area contributed by atoms with Gasteiger partial charge in [0.05, 0.1) is 19.3 Å². The highest BCUT2D eigenvalue weighted by Gasteiger charge is 2.59. The van der Waals surface area contributed by atoms with Crippen LogP contribution in [0, 0.1) is 16.7 Å². The Morgan fingerprint density at radius 2 is 2.08 bits per heavy atom. The quantitative estimate of drug-likeness (QED) is 0.784. The van der Waals surface area contributed by atoms with E-state index in [1.807, 2.05) is 12.1 Å². The van der Waals surface area contributed by atoms with Crippen molar-refractivity contribution in [2.24, 2.45) is 5.41 Å². The van der Waals surface area contributed by atoms with Gasteiger partial charge in [0.25, 0.3) is 0 Å². The molecule has 2 aliphatic rings. The van der Waals surface area contributed by atoms with E-state index in [1.165, 1.54) is 24.8 Å². The summed E-state index contributed by atoms with van der Waals surface area (Å²) in [7, 11) is 1.68. The molecule has 2 saturated carbocycles. The van der Waals surface area contributed by atoms with Gasteiger partial charge in [-0.3, -0.25) is 0 Å². The van der Waals surface area contributed by atoms with Crippen LogP contribution in [0.3, 0.4) is 0 Å². The van der Waals surface area contributed by atoms with Crippen LogP contribution in [0.4, 0.5) is 0 Å². The number of nitriles is 1. The average molecular weight is 328 g/mol. The number of ether oxygens (including phenoxy) is 2. The van der Waals surface area contributed by atoms with Crippen LogP contribution in [-0.4, -0.2) is 25.9 Å². The van der Waals surface area contributed by atoms with Gasteiger partial charge in [-0.1, -0.05) is 18.6 Å². The summed E-state index contributed by atoms with van der Waals surface area (Å²) in [6.45, 7) is 2.88. The van der Waals surface area contributed by atoms with Crippen LogP contribution in [0.1, 0.15) is 57.1 Å². The van der Waals surface area contributed by atoms with Crippen LogP contribution < -0.4 is 10.1 Å². The number of methoxy groups -OCH3 is 1. The predicted octanol–water partition coefficient (Wildman–Crippen LogP) is 3.98. The number of nitrogens with one attached hydrogen (secondary N) is 1. The molecule has 1 spiro atoms. The van der Waals surface area contributed by atoms with Crippen molar-refractivity contribution >= 4 is 0 Å². The lowest BCUT2D eigenvalue weighted by Gasteiger charge is -2.62. The molecule has 0 radical (unpaired) electrons. The van der Waals surface area contributed by atoms with Gasteiger partial charge < -0.3 is 14.8 Å². The standard InChI is InChI=1S/C20H28N2O2/c1-3-24-19-14-18(20(19)11-5-12-20)22-17(6-4-13-21)15-7-9-16(23-2)10-8-15/h7-10,17-19,22H,3-6,11-12,14H2,1-2H3/t17-,18+,19-/m1/s1. The van der Waals surface area contributed by atoms with Gasteiger partial charge >= 0.3 is 0 Å². The zero-order valence-corrected chi connectivity index (χ0v) is 14.8. The van der Waals surface area contributed by atoms with Crippen molar-refractivity contribution in [2.75, 3.05) is 13.7 Å². The second-order valence-electron chi connectivity index (χ2n) is 7.01. The van der Waals surface area contributed by atoms with Gasteiger partial charge in [0, 0.05) is 30.5 Å². The monoisotopic (exact) mass is 328 g/mol. The summed E-state index contributed by atoms with van der Waals surface area (Å²) < 4.78 is 11.2. The van der Waals surface area contributed by atoms with Crippen LogP contribution in [0.2, 0.25) is 0 Å². The first-order chi connectivity index (χ1) is 11.7. The number of benzene rings is 1. The molecule has 0 heterocycles. The Morgan fingerprint density at radius 3 is 2.62 bits per heavy atom. The van der Waals surface area contributed by atoms with Crippen molar-refractivity contribution < 1.29 is 9.47 Å². The van der Waals surface area contributed by atoms with Crippen molar-refractivity contribution in [1.82, 2.24) is 5.32 Å². The van der Waals surface area contributed by atoms with Crippen molar-refractivity contribution in [2.45, 2.75) is 63.6 Å². The molecule has 24 heavy (non-hydrogen) atoms. The third kappa shape index (κ3) is 3.16. The maximum absolute atomic E-state index is 9.00. The number of nitrogens with zero attached hydrogens (tertiary/aromatic N) is 1. The fraction of sp³-hybridized carbons (Fsp3) is 0.650. The molecule has 130 valence electrons. The van der Waals surface area contributed by atoms with E-state index in [2.05, 4.69) is 30.4 Å². The summed E-state index contributed by atoms with van der Waals surface area (Å²) in [4.78, 5) is 0. The number of hydrogen-bond acceptors (Lipinski definition) is 4. The average Bonchev–Trinajstić information content (AvgIpc) is 2.55. The summed E-state index contributed by atoms with van der Waals surface area (Å²) in [5.41, 5.74) is 1.58. The molecule has 1 aromatic rings. The fourth-order valence-electron chi connectivity index (χ4n) is 4.31. The Morgan fingerprint density at radius 1 is 1.33 bits per heavy atom. The molecule has 1 N–H and O–H groups in total. The number of rotatable bonds is 8. The van der Waals surface area contributed by atoms with Crippen LogP contribution in [0.5, 0.6) is 5.75 Å². The van der Waals surface area contributed by atoms with E-state index in [0.717, 1.165) is 25.2 Å². The molecule has 4 heteroatoms. The zero-order chi connectivity index (χ0) is 17.0. The molecule has 0 unspecified atom stereocenters. The Balaban J connectivity index is 1.69. The molecule has 2 fully saturated rings. The minimum absolute atomic E-state index is 0.223. The summed E-state index contributed by atoms with van der Waals surface area (Å²) >= 11 is 0. The lowest BCUT2D eigenvalue weighted by atomic mass is 9.51. The zero-order valence-electron chi connectivity index (χ0n) is 14.8. The smallest absolute Gasteiger partial charge is 0.118 e. The fourth-order valence-corrected chi connectivity index (χ4v) is 4.31. The third-order valence-electron chi connectivity index (χ3n) is 5.90. The predicted molar refractivity (Wildman–Crippen MR) is 93.8 cm³/mol. The summed E-state index contributed by atoms with van der Waals surface area (Å²) in [5, 5.41) is 12.9. The van der Waals surface area contributed by atoms with Gasteiger partial charge in [0.1, 0.15) is 5.75 Å². The highest BCUT2D eigenvalue weighted by molar-refractivity contribution is 5.29. The molecule has 0 aromatic heterocycles. The Kier molecular flexibility index (Phi) is 5.43. The van der Waals surface area contributed by atoms with E-state index in [9.17, 15) is 0 Å². The van der Waals surface area contributed by atoms with E-state index in [-0.39, 0.29) is 6.04 Å². The molecular weight excluding hydrogens is 300 g/mol. The lowest BCUT2D eigenvalue weighted by molar-refractivity contribution is -0.175. The SMILES string of the molecule is CCO[C@@H]1C[C@H](N[C@H](CCC#N)c2ccc(OC)cc2)C12CCC2. The molecule has 2 aliphatic carbocycles. The van der Waals surface area contributed by atoms with Crippen molar-refractivity contribution in [1.29, 1.82) is 5.26 Å². The van der Waals surface area contributed by atoms with Crippen molar-refractivity contribution in [3.05, 3.63) is 29.8 Å². The van der Waals surface area contributed by atoms with Crippen molar-refractivity contribution in [3.63, 3.8) is 0 Å². The molecule has 0 bridgehead atoms. The van der Waals surface area contributed by atoms with E-state index < -0.39 is 0 Å². The normalized spacial score (nSPS) is 25.4. The molecule has 4 nitrogen and oxygen atoms in total. The summed E-state index contributed by atoms with van der Waals surface area (Å²) in [6, 6.07) is 11.2. The first-order valence-electron chi connectivity index (χ1n) is 9.12. The Hall–Kier alpha value is -1.57. The lowest BCUT2D eigenvalue weighted by Crippen LogP contribution is -2.67. The maximum atomic E-state index is 9.00. The Bertz CT molecular complexity index is 574. The first kappa shape index (κ1) is 17.3. The molecule has 3 rings (SSSR count). The molecule has 0 amide bonds. The van der Waals surface area contributed by atoms with Gasteiger partial charge in [-0.25, -0.2) is 0 Å². The number of hydrogen-bond donors (Lipinski definition) is 1. The summed E-state index contributed by atoms with van der Waals surface area (Å²) in [5.74, 6) is 0.869. The van der Waals surface area contributed by atoms with Gasteiger partial charge in [0.2, 0.25) is 0 Å². The maximum Gasteiger partial charge on any atom is 0.118 e. The molecule has 0 aliphatic heterocycles. The topological polar surface area (TPSA) is 54.3 Å². The van der Waals surface area contributed by atoms with Crippen LogP contribution in [-0.2, 0) is 4.74 Å². The highest BCUT2D eigenvalue weighted by atomic mass is 16.5. The first-order valence-corrected chi connectivity index (χ1v) is 9.12. The van der Waals surface area contributed by atoms with E-state index in [0.29, 0.717) is 24.0 Å².